The lowest BCUT2D eigenvalue weighted by Gasteiger charge is -2.18. The minimum absolute atomic E-state index is 0.00151. The van der Waals surface area contributed by atoms with Crippen LogP contribution in [0.25, 0.3) is 0 Å². The number of nitrogens with one attached hydrogen (secondary N) is 2. The van der Waals surface area contributed by atoms with Crippen LogP contribution in [-0.2, 0) is 4.79 Å². The Kier molecular flexibility index (Phi) is 6.19. The normalized spacial score (nSPS) is 11.3. The molecule has 0 bridgehead atoms. The predicted molar refractivity (Wildman–Crippen MR) is 95.0 cm³/mol. The van der Waals surface area contributed by atoms with E-state index in [9.17, 15) is 4.79 Å². The summed E-state index contributed by atoms with van der Waals surface area (Å²) in [5, 5.41) is 14.8. The van der Waals surface area contributed by atoms with E-state index in [0.29, 0.717) is 5.56 Å². The number of nitrogens with zero attached hydrogens (tertiary/aromatic N) is 1. The van der Waals surface area contributed by atoms with Crippen molar-refractivity contribution in [3.8, 4) is 6.07 Å². The molecule has 2 rings (SSSR count). The molecule has 0 aliphatic heterocycles. The first kappa shape index (κ1) is 17.0. The molecule has 2 aromatic rings. The summed E-state index contributed by atoms with van der Waals surface area (Å²) < 4.78 is 1.02. The number of rotatable bonds is 6. The molecule has 1 atom stereocenters. The van der Waals surface area contributed by atoms with E-state index in [2.05, 4.69) is 32.6 Å². The van der Waals surface area contributed by atoms with E-state index in [1.54, 1.807) is 24.3 Å². The van der Waals surface area contributed by atoms with E-state index in [-0.39, 0.29) is 18.5 Å². The van der Waals surface area contributed by atoms with Crippen LogP contribution in [0, 0.1) is 11.3 Å². The number of anilines is 1. The first-order valence-electron chi connectivity index (χ1n) is 7.41. The van der Waals surface area contributed by atoms with Gasteiger partial charge in [-0.15, -0.1) is 0 Å². The van der Waals surface area contributed by atoms with Crippen LogP contribution < -0.4 is 10.6 Å². The summed E-state index contributed by atoms with van der Waals surface area (Å²) in [6.45, 7) is 2.24. The van der Waals surface area contributed by atoms with Crippen LogP contribution in [0.15, 0.2) is 53.0 Å². The lowest BCUT2D eigenvalue weighted by molar-refractivity contribution is -0.120. The fourth-order valence-corrected chi connectivity index (χ4v) is 2.47. The summed E-state index contributed by atoms with van der Waals surface area (Å²) in [7, 11) is 0. The fraction of sp³-hybridized carbons (Fsp3) is 0.222. The number of halogens is 1. The number of nitriles is 1. The molecule has 0 aliphatic carbocycles. The molecule has 4 nitrogen and oxygen atoms in total. The maximum absolute atomic E-state index is 12.1. The van der Waals surface area contributed by atoms with Gasteiger partial charge < -0.3 is 10.6 Å². The maximum atomic E-state index is 12.1. The van der Waals surface area contributed by atoms with Crippen LogP contribution in [0.4, 0.5) is 5.69 Å². The van der Waals surface area contributed by atoms with Gasteiger partial charge in [-0.1, -0.05) is 35.0 Å². The molecular formula is C18H18BrN3O. The van der Waals surface area contributed by atoms with E-state index >= 15 is 0 Å². The van der Waals surface area contributed by atoms with Gasteiger partial charge in [0.15, 0.2) is 0 Å². The average molecular weight is 372 g/mol. The lowest BCUT2D eigenvalue weighted by atomic mass is 10.0. The molecule has 118 valence electrons. The van der Waals surface area contributed by atoms with E-state index < -0.39 is 0 Å². The van der Waals surface area contributed by atoms with Crippen molar-refractivity contribution in [3.63, 3.8) is 0 Å². The molecule has 1 unspecified atom stereocenters. The van der Waals surface area contributed by atoms with Crippen molar-refractivity contribution in [2.75, 3.05) is 11.9 Å². The smallest absolute Gasteiger partial charge is 0.239 e. The third kappa shape index (κ3) is 5.11. The Balaban J connectivity index is 1.89. The molecule has 0 saturated carbocycles. The molecule has 2 N–H and O–H groups in total. The zero-order valence-corrected chi connectivity index (χ0v) is 14.4. The Morgan fingerprint density at radius 3 is 2.39 bits per heavy atom. The van der Waals surface area contributed by atoms with Gasteiger partial charge in [-0.05, 0) is 48.4 Å². The number of hydrogen-bond donors (Lipinski definition) is 2. The molecule has 23 heavy (non-hydrogen) atoms. The summed E-state index contributed by atoms with van der Waals surface area (Å²) in [5.74, 6) is -0.0656. The van der Waals surface area contributed by atoms with Gasteiger partial charge in [0, 0.05) is 10.2 Å². The Labute approximate surface area is 144 Å². The van der Waals surface area contributed by atoms with E-state index in [4.69, 9.17) is 5.26 Å². The highest BCUT2D eigenvalue weighted by molar-refractivity contribution is 9.10. The van der Waals surface area contributed by atoms with E-state index in [1.807, 2.05) is 31.2 Å². The van der Waals surface area contributed by atoms with Crippen LogP contribution in [0.1, 0.15) is 30.5 Å². The van der Waals surface area contributed by atoms with Crippen LogP contribution in [-0.4, -0.2) is 12.5 Å². The molecule has 2 aromatic carbocycles. The Morgan fingerprint density at radius 2 is 1.83 bits per heavy atom. The number of hydrogen-bond acceptors (Lipinski definition) is 3. The van der Waals surface area contributed by atoms with Gasteiger partial charge in [0.25, 0.3) is 0 Å². The largest absolute Gasteiger partial charge is 0.376 e. The fourth-order valence-electron chi connectivity index (χ4n) is 2.21. The average Bonchev–Trinajstić information content (AvgIpc) is 2.59. The van der Waals surface area contributed by atoms with Gasteiger partial charge in [0.2, 0.25) is 5.91 Å². The lowest BCUT2D eigenvalue weighted by Crippen LogP contribution is -2.33. The van der Waals surface area contributed by atoms with Gasteiger partial charge in [-0.2, -0.15) is 5.26 Å². The van der Waals surface area contributed by atoms with Crippen LogP contribution >= 0.6 is 15.9 Å². The van der Waals surface area contributed by atoms with Crippen molar-refractivity contribution in [3.05, 3.63) is 64.1 Å². The van der Waals surface area contributed by atoms with Crippen molar-refractivity contribution in [2.45, 2.75) is 19.4 Å². The summed E-state index contributed by atoms with van der Waals surface area (Å²) >= 11 is 3.41. The summed E-state index contributed by atoms with van der Waals surface area (Å²) in [4.78, 5) is 12.1. The Morgan fingerprint density at radius 1 is 1.17 bits per heavy atom. The summed E-state index contributed by atoms with van der Waals surface area (Å²) in [6.07, 6.45) is 0.824. The van der Waals surface area contributed by atoms with Crippen molar-refractivity contribution < 1.29 is 4.79 Å². The highest BCUT2D eigenvalue weighted by Crippen LogP contribution is 2.19. The van der Waals surface area contributed by atoms with Crippen molar-refractivity contribution in [1.82, 2.24) is 5.32 Å². The molecule has 0 aromatic heterocycles. The van der Waals surface area contributed by atoms with Gasteiger partial charge >= 0.3 is 0 Å². The topological polar surface area (TPSA) is 64.9 Å². The molecule has 5 heteroatoms. The van der Waals surface area contributed by atoms with Gasteiger partial charge in [0.05, 0.1) is 24.2 Å². The van der Waals surface area contributed by atoms with E-state index in [1.165, 1.54) is 0 Å². The Bertz CT molecular complexity index is 690. The first-order chi connectivity index (χ1) is 11.1. The molecule has 0 spiro atoms. The zero-order chi connectivity index (χ0) is 16.7. The van der Waals surface area contributed by atoms with E-state index in [0.717, 1.165) is 22.1 Å². The monoisotopic (exact) mass is 371 g/mol. The summed E-state index contributed by atoms with van der Waals surface area (Å²) in [6, 6.07) is 17.0. The van der Waals surface area contributed by atoms with Gasteiger partial charge in [-0.25, -0.2) is 0 Å². The molecule has 0 radical (unpaired) electrons. The standard InChI is InChI=1S/C18H18BrN3O/c1-2-17(14-5-7-15(19)8-6-14)22-18(23)12-21-16-9-3-13(11-20)4-10-16/h3-10,17,21H,2,12H2,1H3,(H,22,23). The maximum Gasteiger partial charge on any atom is 0.239 e. The number of benzene rings is 2. The highest BCUT2D eigenvalue weighted by atomic mass is 79.9. The third-order valence-electron chi connectivity index (χ3n) is 3.48. The molecule has 0 aliphatic rings. The summed E-state index contributed by atoms with van der Waals surface area (Å²) in [5.41, 5.74) is 2.50. The predicted octanol–water partition coefficient (Wildman–Crippen LogP) is 4.00. The van der Waals surface area contributed by atoms with Crippen molar-refractivity contribution in [1.29, 1.82) is 5.26 Å². The second-order valence-corrected chi connectivity index (χ2v) is 6.04. The van der Waals surface area contributed by atoms with Crippen LogP contribution in [0.2, 0.25) is 0 Å². The van der Waals surface area contributed by atoms with Gasteiger partial charge in [-0.3, -0.25) is 4.79 Å². The molecular weight excluding hydrogens is 354 g/mol. The molecule has 0 fully saturated rings. The highest BCUT2D eigenvalue weighted by Gasteiger charge is 2.12. The van der Waals surface area contributed by atoms with Crippen LogP contribution in [0.3, 0.4) is 0 Å². The zero-order valence-electron chi connectivity index (χ0n) is 12.8. The minimum atomic E-state index is -0.0656. The second-order valence-electron chi connectivity index (χ2n) is 5.12. The third-order valence-corrected chi connectivity index (χ3v) is 4.01. The first-order valence-corrected chi connectivity index (χ1v) is 8.20. The number of amides is 1. The number of carbonyl (C=O) groups excluding carboxylic acids is 1. The van der Waals surface area contributed by atoms with Gasteiger partial charge in [0.1, 0.15) is 0 Å². The Hall–Kier alpha value is -2.32. The van der Waals surface area contributed by atoms with Crippen LogP contribution in [0.5, 0.6) is 0 Å². The molecule has 0 heterocycles. The number of carbonyl (C=O) groups is 1. The van der Waals surface area contributed by atoms with Crippen molar-refractivity contribution >= 4 is 27.5 Å². The minimum Gasteiger partial charge on any atom is -0.376 e. The second kappa shape index (κ2) is 8.35. The SMILES string of the molecule is CCC(NC(=O)CNc1ccc(C#N)cc1)c1ccc(Br)cc1. The van der Waals surface area contributed by atoms with Crippen molar-refractivity contribution in [2.24, 2.45) is 0 Å². The molecule has 0 saturated heterocycles. The quantitative estimate of drug-likeness (QED) is 0.806. The molecule has 1 amide bonds.